The minimum Gasteiger partial charge on any atom is -0.495 e. The zero-order valence-corrected chi connectivity index (χ0v) is 20.4. The fourth-order valence-electron chi connectivity index (χ4n) is 4.65. The lowest BCUT2D eigenvalue weighted by Crippen LogP contribution is -2.46. The summed E-state index contributed by atoms with van der Waals surface area (Å²) in [6.45, 7) is 4.72. The molecule has 6 heteroatoms. The van der Waals surface area contributed by atoms with Crippen LogP contribution in [0.4, 0.5) is 5.69 Å². The lowest BCUT2D eigenvalue weighted by molar-refractivity contribution is 0.0955. The first-order chi connectivity index (χ1) is 17.7. The second-order valence-corrected chi connectivity index (χ2v) is 8.90. The highest BCUT2D eigenvalue weighted by atomic mass is 16.5. The van der Waals surface area contributed by atoms with Gasteiger partial charge in [-0.2, -0.15) is 5.10 Å². The predicted octanol–water partition coefficient (Wildman–Crippen LogP) is 4.93. The van der Waals surface area contributed by atoms with Crippen molar-refractivity contribution in [2.75, 3.05) is 38.2 Å². The highest BCUT2D eigenvalue weighted by molar-refractivity contribution is 6.00. The summed E-state index contributed by atoms with van der Waals surface area (Å²) in [6, 6.07) is 30.1. The number of ether oxygens (including phenoxy) is 1. The molecule has 1 amide bonds. The van der Waals surface area contributed by atoms with Crippen LogP contribution in [0.3, 0.4) is 0 Å². The molecule has 0 spiro atoms. The molecule has 6 nitrogen and oxygen atoms in total. The summed E-state index contributed by atoms with van der Waals surface area (Å²) in [7, 11) is 1.72. The van der Waals surface area contributed by atoms with Gasteiger partial charge in [0.05, 0.1) is 19.0 Å². The van der Waals surface area contributed by atoms with E-state index < -0.39 is 0 Å². The van der Waals surface area contributed by atoms with Gasteiger partial charge in [0.1, 0.15) is 5.75 Å². The maximum Gasteiger partial charge on any atom is 0.271 e. The highest BCUT2D eigenvalue weighted by Crippen LogP contribution is 2.28. The number of nitrogens with one attached hydrogen (secondary N) is 1. The van der Waals surface area contributed by atoms with Gasteiger partial charge in [-0.1, -0.05) is 66.7 Å². The third kappa shape index (κ3) is 5.39. The topological polar surface area (TPSA) is 57.2 Å². The van der Waals surface area contributed by atoms with E-state index in [4.69, 9.17) is 4.74 Å². The quantitative estimate of drug-likeness (QED) is 0.302. The highest BCUT2D eigenvalue weighted by Gasteiger charge is 2.19. The van der Waals surface area contributed by atoms with Crippen LogP contribution < -0.4 is 15.1 Å². The van der Waals surface area contributed by atoms with Gasteiger partial charge < -0.3 is 9.64 Å². The number of hydrogen-bond donors (Lipinski definition) is 1. The minimum atomic E-state index is -0.219. The number of rotatable bonds is 7. The van der Waals surface area contributed by atoms with Crippen LogP contribution in [-0.4, -0.2) is 50.3 Å². The number of piperazine rings is 1. The average Bonchev–Trinajstić information content (AvgIpc) is 2.94. The van der Waals surface area contributed by atoms with Crippen LogP contribution >= 0.6 is 0 Å². The number of anilines is 1. The minimum absolute atomic E-state index is 0.219. The number of para-hydroxylation sites is 2. The molecule has 36 heavy (non-hydrogen) atoms. The Labute approximate surface area is 211 Å². The van der Waals surface area contributed by atoms with E-state index in [1.165, 1.54) is 5.56 Å². The van der Waals surface area contributed by atoms with Gasteiger partial charge in [0.2, 0.25) is 0 Å². The summed E-state index contributed by atoms with van der Waals surface area (Å²) in [6.07, 6.45) is 1.69. The summed E-state index contributed by atoms with van der Waals surface area (Å²) >= 11 is 0. The number of methoxy groups -OCH3 is 1. The van der Waals surface area contributed by atoms with Gasteiger partial charge in [0.15, 0.2) is 0 Å². The van der Waals surface area contributed by atoms with Crippen molar-refractivity contribution in [3.8, 4) is 5.75 Å². The maximum absolute atomic E-state index is 12.6. The fourth-order valence-corrected chi connectivity index (χ4v) is 4.65. The predicted molar refractivity (Wildman–Crippen MR) is 146 cm³/mol. The molecule has 4 aromatic carbocycles. The summed E-state index contributed by atoms with van der Waals surface area (Å²) in [5.74, 6) is 0.699. The van der Waals surface area contributed by atoms with Gasteiger partial charge in [-0.3, -0.25) is 9.69 Å². The van der Waals surface area contributed by atoms with E-state index in [2.05, 4.69) is 50.7 Å². The van der Waals surface area contributed by atoms with Crippen molar-refractivity contribution in [1.82, 2.24) is 10.3 Å². The molecular weight excluding hydrogens is 448 g/mol. The molecule has 1 aliphatic heterocycles. The number of carbonyl (C=O) groups excluding carboxylic acids is 1. The van der Waals surface area contributed by atoms with E-state index in [9.17, 15) is 4.79 Å². The molecule has 1 N–H and O–H groups in total. The monoisotopic (exact) mass is 478 g/mol. The van der Waals surface area contributed by atoms with Crippen molar-refractivity contribution in [3.05, 3.63) is 108 Å². The van der Waals surface area contributed by atoms with E-state index in [-0.39, 0.29) is 5.91 Å². The second kappa shape index (κ2) is 11.1. The number of fused-ring (bicyclic) bond motifs is 1. The Morgan fingerprint density at radius 2 is 1.61 bits per heavy atom. The van der Waals surface area contributed by atoms with Crippen molar-refractivity contribution in [3.63, 3.8) is 0 Å². The SMILES string of the molecule is COc1ccccc1N1CCN(Cc2ccc(C(=O)N/N=C\c3cccc4ccccc34)cc2)CC1. The number of nitrogens with zero attached hydrogens (tertiary/aromatic N) is 3. The van der Waals surface area contributed by atoms with Crippen molar-refractivity contribution >= 4 is 28.6 Å². The van der Waals surface area contributed by atoms with Crippen LogP contribution in [0, 0.1) is 0 Å². The smallest absolute Gasteiger partial charge is 0.271 e. The third-order valence-corrected chi connectivity index (χ3v) is 6.61. The Balaban J connectivity index is 1.14. The Hall–Kier alpha value is -4.16. The largest absolute Gasteiger partial charge is 0.495 e. The number of hydrogen-bond acceptors (Lipinski definition) is 5. The molecule has 5 rings (SSSR count). The fraction of sp³-hybridized carbons (Fsp3) is 0.200. The molecule has 1 aliphatic rings. The molecule has 0 radical (unpaired) electrons. The number of benzene rings is 4. The molecule has 0 unspecified atom stereocenters. The maximum atomic E-state index is 12.6. The van der Waals surface area contributed by atoms with Crippen LogP contribution in [0.15, 0.2) is 96.1 Å². The van der Waals surface area contributed by atoms with E-state index in [1.807, 2.05) is 60.7 Å². The molecule has 0 saturated carbocycles. The van der Waals surface area contributed by atoms with Gasteiger partial charge in [0.25, 0.3) is 5.91 Å². The Kier molecular flexibility index (Phi) is 7.24. The summed E-state index contributed by atoms with van der Waals surface area (Å²) in [4.78, 5) is 17.4. The van der Waals surface area contributed by atoms with E-state index in [0.29, 0.717) is 5.56 Å². The van der Waals surface area contributed by atoms with Gasteiger partial charge >= 0.3 is 0 Å². The van der Waals surface area contributed by atoms with Gasteiger partial charge in [-0.25, -0.2) is 5.43 Å². The van der Waals surface area contributed by atoms with Gasteiger partial charge in [0, 0.05) is 43.9 Å². The zero-order chi connectivity index (χ0) is 24.7. The number of carbonyl (C=O) groups is 1. The lowest BCUT2D eigenvalue weighted by Gasteiger charge is -2.36. The lowest BCUT2D eigenvalue weighted by atomic mass is 10.1. The first kappa shape index (κ1) is 23.6. The van der Waals surface area contributed by atoms with Crippen LogP contribution in [0.1, 0.15) is 21.5 Å². The van der Waals surface area contributed by atoms with E-state index in [0.717, 1.165) is 60.5 Å². The number of amides is 1. The first-order valence-corrected chi connectivity index (χ1v) is 12.2. The normalized spacial score (nSPS) is 14.3. The van der Waals surface area contributed by atoms with E-state index in [1.54, 1.807) is 13.3 Å². The molecule has 0 aliphatic carbocycles. The van der Waals surface area contributed by atoms with Gasteiger partial charge in [-0.15, -0.1) is 0 Å². The average molecular weight is 479 g/mol. The van der Waals surface area contributed by atoms with Crippen LogP contribution in [0.5, 0.6) is 5.75 Å². The molecule has 0 bridgehead atoms. The summed E-state index contributed by atoms with van der Waals surface area (Å²) in [5, 5.41) is 6.43. The summed E-state index contributed by atoms with van der Waals surface area (Å²) in [5.41, 5.74) is 6.55. The number of hydrazone groups is 1. The van der Waals surface area contributed by atoms with E-state index >= 15 is 0 Å². The Bertz CT molecular complexity index is 1350. The standard InChI is InChI=1S/C30H30N4O2/c1-36-29-12-5-4-11-28(29)34-19-17-33(18-20-34)22-23-13-15-25(16-14-23)30(35)32-31-21-26-9-6-8-24-7-2-3-10-27(24)26/h2-16,21H,17-20,22H2,1H3,(H,32,35)/b31-21-. The first-order valence-electron chi connectivity index (χ1n) is 12.2. The van der Waals surface area contributed by atoms with Crippen molar-refractivity contribution < 1.29 is 9.53 Å². The molecule has 4 aromatic rings. The van der Waals surface area contributed by atoms with Crippen molar-refractivity contribution in [2.24, 2.45) is 5.10 Å². The third-order valence-electron chi connectivity index (χ3n) is 6.61. The second-order valence-electron chi connectivity index (χ2n) is 8.90. The molecule has 0 atom stereocenters. The Morgan fingerprint density at radius 1 is 0.889 bits per heavy atom. The molecule has 0 aromatic heterocycles. The van der Waals surface area contributed by atoms with Crippen LogP contribution in [-0.2, 0) is 6.54 Å². The molecular formula is C30H30N4O2. The van der Waals surface area contributed by atoms with Gasteiger partial charge in [-0.05, 0) is 40.6 Å². The van der Waals surface area contributed by atoms with Crippen LogP contribution in [0.25, 0.3) is 10.8 Å². The van der Waals surface area contributed by atoms with Crippen molar-refractivity contribution in [2.45, 2.75) is 6.54 Å². The molecule has 182 valence electrons. The summed E-state index contributed by atoms with van der Waals surface area (Å²) < 4.78 is 5.52. The van der Waals surface area contributed by atoms with Crippen LogP contribution in [0.2, 0.25) is 0 Å². The molecule has 1 heterocycles. The Morgan fingerprint density at radius 3 is 2.42 bits per heavy atom. The zero-order valence-electron chi connectivity index (χ0n) is 20.4. The molecule has 1 saturated heterocycles. The molecule has 1 fully saturated rings. The van der Waals surface area contributed by atoms with Crippen molar-refractivity contribution in [1.29, 1.82) is 0 Å².